The molecule has 2 rings (SSSR count). The number of piperazine rings is 1. The van der Waals surface area contributed by atoms with Crippen molar-refractivity contribution < 1.29 is 0 Å². The third kappa shape index (κ3) is 0.970. The van der Waals surface area contributed by atoms with Crippen LogP contribution in [0.25, 0.3) is 0 Å². The lowest BCUT2D eigenvalue weighted by atomic mass is 10.2. The van der Waals surface area contributed by atoms with E-state index in [1.165, 1.54) is 25.9 Å². The van der Waals surface area contributed by atoms with E-state index in [0.717, 1.165) is 19.1 Å². The van der Waals surface area contributed by atoms with E-state index in [2.05, 4.69) is 10.2 Å². The van der Waals surface area contributed by atoms with Crippen molar-refractivity contribution >= 4 is 0 Å². The van der Waals surface area contributed by atoms with E-state index in [9.17, 15) is 0 Å². The van der Waals surface area contributed by atoms with Gasteiger partial charge in [-0.05, 0) is 19.4 Å². The first kappa shape index (κ1) is 5.69. The Kier molecular flexibility index (Phi) is 1.44. The van der Waals surface area contributed by atoms with E-state index < -0.39 is 0 Å². The summed E-state index contributed by atoms with van der Waals surface area (Å²) in [5.74, 6) is 0. The SMILES string of the molecule is C1CC2C[N]CCN2C1. The van der Waals surface area contributed by atoms with Crippen molar-refractivity contribution in [2.45, 2.75) is 18.9 Å². The standard InChI is InChI=1S/C7H13N2/c1-2-7-6-8-3-5-9(7)4-1/h7H,1-6H2. The molecule has 0 aromatic rings. The summed E-state index contributed by atoms with van der Waals surface area (Å²) in [6.07, 6.45) is 2.80. The number of fused-ring (bicyclic) bond motifs is 1. The minimum Gasteiger partial charge on any atom is -0.298 e. The van der Waals surface area contributed by atoms with Gasteiger partial charge in [-0.25, -0.2) is 5.32 Å². The predicted molar refractivity (Wildman–Crippen MR) is 36.5 cm³/mol. The molecule has 51 valence electrons. The highest BCUT2D eigenvalue weighted by molar-refractivity contribution is 4.84. The van der Waals surface area contributed by atoms with Gasteiger partial charge in [0.2, 0.25) is 0 Å². The van der Waals surface area contributed by atoms with E-state index in [-0.39, 0.29) is 0 Å². The number of hydrogen-bond acceptors (Lipinski definition) is 1. The van der Waals surface area contributed by atoms with Gasteiger partial charge in [-0.1, -0.05) is 0 Å². The van der Waals surface area contributed by atoms with Gasteiger partial charge in [-0.3, -0.25) is 4.90 Å². The molecule has 1 unspecified atom stereocenters. The van der Waals surface area contributed by atoms with Gasteiger partial charge in [0.25, 0.3) is 0 Å². The van der Waals surface area contributed by atoms with Gasteiger partial charge >= 0.3 is 0 Å². The zero-order valence-corrected chi connectivity index (χ0v) is 5.71. The van der Waals surface area contributed by atoms with Crippen LogP contribution in [-0.4, -0.2) is 37.1 Å². The molecule has 0 aliphatic carbocycles. The van der Waals surface area contributed by atoms with Crippen LogP contribution in [0.5, 0.6) is 0 Å². The summed E-state index contributed by atoms with van der Waals surface area (Å²) in [6, 6.07) is 0.832. The third-order valence-electron chi connectivity index (χ3n) is 2.38. The molecule has 2 aliphatic heterocycles. The van der Waals surface area contributed by atoms with Gasteiger partial charge in [0.05, 0.1) is 0 Å². The molecular weight excluding hydrogens is 112 g/mol. The first-order valence-electron chi connectivity index (χ1n) is 3.84. The van der Waals surface area contributed by atoms with E-state index in [1.807, 2.05) is 0 Å². The number of rotatable bonds is 0. The average molecular weight is 125 g/mol. The van der Waals surface area contributed by atoms with Gasteiger partial charge in [0, 0.05) is 25.7 Å². The van der Waals surface area contributed by atoms with Crippen molar-refractivity contribution in [1.29, 1.82) is 0 Å². The number of nitrogens with zero attached hydrogens (tertiary/aromatic N) is 2. The van der Waals surface area contributed by atoms with Crippen LogP contribution in [-0.2, 0) is 0 Å². The van der Waals surface area contributed by atoms with Gasteiger partial charge in [0.15, 0.2) is 0 Å². The molecule has 2 nitrogen and oxygen atoms in total. The summed E-state index contributed by atoms with van der Waals surface area (Å²) in [5, 5.41) is 4.38. The monoisotopic (exact) mass is 125 g/mol. The molecule has 0 aromatic heterocycles. The highest BCUT2D eigenvalue weighted by Crippen LogP contribution is 2.17. The zero-order valence-electron chi connectivity index (χ0n) is 5.71. The lowest BCUT2D eigenvalue weighted by Crippen LogP contribution is -2.44. The van der Waals surface area contributed by atoms with Gasteiger partial charge in [0.1, 0.15) is 0 Å². The molecule has 1 radical (unpaired) electrons. The van der Waals surface area contributed by atoms with Crippen LogP contribution < -0.4 is 5.32 Å². The first-order chi connectivity index (χ1) is 4.47. The van der Waals surface area contributed by atoms with Gasteiger partial charge < -0.3 is 0 Å². The van der Waals surface area contributed by atoms with Crippen molar-refractivity contribution in [2.75, 3.05) is 26.2 Å². The molecule has 0 bridgehead atoms. The van der Waals surface area contributed by atoms with Crippen molar-refractivity contribution in [3.8, 4) is 0 Å². The molecule has 0 aromatic carbocycles. The van der Waals surface area contributed by atoms with Crippen molar-refractivity contribution in [3.63, 3.8) is 0 Å². The molecule has 0 N–H and O–H groups in total. The molecule has 2 heterocycles. The Morgan fingerprint density at radius 3 is 3.22 bits per heavy atom. The van der Waals surface area contributed by atoms with Crippen LogP contribution in [0.15, 0.2) is 0 Å². The van der Waals surface area contributed by atoms with Crippen molar-refractivity contribution in [3.05, 3.63) is 0 Å². The molecule has 1 atom stereocenters. The van der Waals surface area contributed by atoms with Gasteiger partial charge in [-0.2, -0.15) is 0 Å². The molecule has 0 spiro atoms. The lowest BCUT2D eigenvalue weighted by molar-refractivity contribution is 0.210. The molecule has 2 saturated heterocycles. The molecule has 2 heteroatoms. The first-order valence-corrected chi connectivity index (χ1v) is 3.84. The quantitative estimate of drug-likeness (QED) is 0.448. The second-order valence-electron chi connectivity index (χ2n) is 2.96. The molecular formula is C7H13N2. The summed E-state index contributed by atoms with van der Waals surface area (Å²) >= 11 is 0. The largest absolute Gasteiger partial charge is 0.298 e. The summed E-state index contributed by atoms with van der Waals surface area (Å²) in [7, 11) is 0. The maximum absolute atomic E-state index is 4.38. The van der Waals surface area contributed by atoms with Crippen LogP contribution in [0.4, 0.5) is 0 Å². The maximum Gasteiger partial charge on any atom is 0.0290 e. The smallest absolute Gasteiger partial charge is 0.0290 e. The Hall–Kier alpha value is -0.0800. The summed E-state index contributed by atoms with van der Waals surface area (Å²) in [4.78, 5) is 2.58. The molecule has 0 saturated carbocycles. The lowest BCUT2D eigenvalue weighted by Gasteiger charge is -2.28. The van der Waals surface area contributed by atoms with Crippen LogP contribution >= 0.6 is 0 Å². The van der Waals surface area contributed by atoms with Crippen LogP contribution in [0.2, 0.25) is 0 Å². The average Bonchev–Trinajstić information content (AvgIpc) is 2.33. The minimum absolute atomic E-state index is 0.832. The van der Waals surface area contributed by atoms with Crippen molar-refractivity contribution in [2.24, 2.45) is 0 Å². The van der Waals surface area contributed by atoms with E-state index in [1.54, 1.807) is 0 Å². The Labute approximate surface area is 56.2 Å². The Bertz CT molecular complexity index is 91.1. The molecule has 2 fully saturated rings. The summed E-state index contributed by atoms with van der Waals surface area (Å²) in [6.45, 7) is 4.75. The summed E-state index contributed by atoms with van der Waals surface area (Å²) < 4.78 is 0. The van der Waals surface area contributed by atoms with Crippen LogP contribution in [0.1, 0.15) is 12.8 Å². The van der Waals surface area contributed by atoms with Gasteiger partial charge in [-0.15, -0.1) is 0 Å². The zero-order chi connectivity index (χ0) is 6.10. The molecule has 2 aliphatic rings. The maximum atomic E-state index is 4.38. The fourth-order valence-electron chi connectivity index (χ4n) is 1.84. The normalized spacial score (nSPS) is 36.7. The second kappa shape index (κ2) is 2.27. The van der Waals surface area contributed by atoms with E-state index in [0.29, 0.717) is 0 Å². The fourth-order valence-corrected chi connectivity index (χ4v) is 1.84. The third-order valence-corrected chi connectivity index (χ3v) is 2.38. The van der Waals surface area contributed by atoms with Crippen LogP contribution in [0.3, 0.4) is 0 Å². The highest BCUT2D eigenvalue weighted by Gasteiger charge is 2.26. The second-order valence-corrected chi connectivity index (χ2v) is 2.96. The Morgan fingerprint density at radius 1 is 1.33 bits per heavy atom. The predicted octanol–water partition coefficient (Wildman–Crippen LogP) is 0.0688. The summed E-state index contributed by atoms with van der Waals surface area (Å²) in [5.41, 5.74) is 0. The topological polar surface area (TPSA) is 17.3 Å². The Balaban J connectivity index is 1.97. The molecule has 9 heavy (non-hydrogen) atoms. The molecule has 0 amide bonds. The Morgan fingerprint density at radius 2 is 2.33 bits per heavy atom. The van der Waals surface area contributed by atoms with Crippen LogP contribution in [0, 0.1) is 0 Å². The van der Waals surface area contributed by atoms with E-state index in [4.69, 9.17) is 0 Å². The van der Waals surface area contributed by atoms with Crippen molar-refractivity contribution in [1.82, 2.24) is 10.2 Å². The minimum atomic E-state index is 0.832. The highest BCUT2D eigenvalue weighted by atomic mass is 15.2. The number of hydrogen-bond donors (Lipinski definition) is 0. The fraction of sp³-hybridized carbons (Fsp3) is 1.00. The van der Waals surface area contributed by atoms with E-state index >= 15 is 0 Å².